The predicted octanol–water partition coefficient (Wildman–Crippen LogP) is 3.44. The maximum Gasteiger partial charge on any atom is 0.307 e. The third kappa shape index (κ3) is 5.06. The van der Waals surface area contributed by atoms with Crippen molar-refractivity contribution in [1.29, 1.82) is 0 Å². The number of carbonyl (C=O) groups excluding carboxylic acids is 2. The summed E-state index contributed by atoms with van der Waals surface area (Å²) in [6, 6.07) is 12.0. The molecule has 2 aromatic rings. The molecule has 0 aliphatic rings. The van der Waals surface area contributed by atoms with Crippen LogP contribution in [-0.4, -0.2) is 19.0 Å². The van der Waals surface area contributed by atoms with Gasteiger partial charge in [-0.05, 0) is 29.3 Å². The van der Waals surface area contributed by atoms with Crippen LogP contribution in [-0.2, 0) is 20.7 Å². The maximum atomic E-state index is 12.9. The zero-order valence-corrected chi connectivity index (χ0v) is 13.8. The summed E-state index contributed by atoms with van der Waals surface area (Å²) < 4.78 is 17.6. The van der Waals surface area contributed by atoms with E-state index in [0.717, 1.165) is 0 Å². The molecule has 1 N–H and O–H groups in total. The van der Waals surface area contributed by atoms with Crippen LogP contribution in [0.5, 0.6) is 0 Å². The number of carbonyl (C=O) groups is 2. The number of hydrogen-bond acceptors (Lipinski definition) is 3. The van der Waals surface area contributed by atoms with Gasteiger partial charge in [0, 0.05) is 5.02 Å². The molecule has 0 radical (unpaired) electrons. The number of amides is 1. The summed E-state index contributed by atoms with van der Waals surface area (Å²) in [6.45, 7) is 0. The van der Waals surface area contributed by atoms with Crippen molar-refractivity contribution < 1.29 is 18.7 Å². The second kappa shape index (κ2) is 8.45. The Bertz CT molecular complexity index is 718. The zero-order valence-electron chi connectivity index (χ0n) is 13.1. The molecule has 24 heavy (non-hydrogen) atoms. The lowest BCUT2D eigenvalue weighted by molar-refractivity contribution is -0.141. The molecule has 2 aromatic carbocycles. The van der Waals surface area contributed by atoms with Crippen LogP contribution in [0.1, 0.15) is 23.6 Å². The average molecular weight is 350 g/mol. The van der Waals surface area contributed by atoms with Crippen LogP contribution >= 0.6 is 11.6 Å². The molecule has 4 nitrogen and oxygen atoms in total. The van der Waals surface area contributed by atoms with Gasteiger partial charge in [0.15, 0.2) is 0 Å². The second-order valence-electron chi connectivity index (χ2n) is 5.23. The van der Waals surface area contributed by atoms with E-state index in [2.05, 4.69) is 10.1 Å². The number of methoxy groups -OCH3 is 1. The lowest BCUT2D eigenvalue weighted by Gasteiger charge is -2.19. The first-order valence-corrected chi connectivity index (χ1v) is 7.72. The SMILES string of the molecule is COC(=O)CC(NC(=O)Cc1ccc(F)cc1)c1ccccc1Cl. The van der Waals surface area contributed by atoms with E-state index in [0.29, 0.717) is 16.1 Å². The third-order valence-corrected chi connectivity index (χ3v) is 3.84. The number of benzene rings is 2. The first kappa shape index (κ1) is 17.9. The lowest BCUT2D eigenvalue weighted by atomic mass is 10.0. The Labute approximate surface area is 144 Å². The molecule has 2 rings (SSSR count). The Kier molecular flexibility index (Phi) is 6.32. The summed E-state index contributed by atoms with van der Waals surface area (Å²) in [7, 11) is 1.28. The van der Waals surface area contributed by atoms with Crippen molar-refractivity contribution in [2.75, 3.05) is 7.11 Å². The third-order valence-electron chi connectivity index (χ3n) is 3.49. The molecule has 0 heterocycles. The highest BCUT2D eigenvalue weighted by Gasteiger charge is 2.21. The standard InChI is InChI=1S/C18H17ClFNO3/c1-24-18(23)11-16(14-4-2-3-5-15(14)19)21-17(22)10-12-6-8-13(20)9-7-12/h2-9,16H,10-11H2,1H3,(H,21,22). The number of ether oxygens (including phenoxy) is 1. The van der Waals surface area contributed by atoms with Crippen LogP contribution < -0.4 is 5.32 Å². The molecule has 1 atom stereocenters. The molecule has 1 amide bonds. The first-order chi connectivity index (χ1) is 11.5. The zero-order chi connectivity index (χ0) is 17.5. The van der Waals surface area contributed by atoms with Gasteiger partial charge in [0.25, 0.3) is 0 Å². The summed E-state index contributed by atoms with van der Waals surface area (Å²) in [5, 5.41) is 3.24. The van der Waals surface area contributed by atoms with Crippen molar-refractivity contribution in [2.45, 2.75) is 18.9 Å². The van der Waals surface area contributed by atoms with E-state index < -0.39 is 12.0 Å². The molecule has 0 bridgehead atoms. The van der Waals surface area contributed by atoms with E-state index in [1.807, 2.05) is 0 Å². The Balaban J connectivity index is 2.12. The van der Waals surface area contributed by atoms with Gasteiger partial charge in [-0.3, -0.25) is 9.59 Å². The summed E-state index contributed by atoms with van der Waals surface area (Å²) in [4.78, 5) is 23.9. The van der Waals surface area contributed by atoms with Gasteiger partial charge < -0.3 is 10.1 Å². The van der Waals surface area contributed by atoms with Crippen molar-refractivity contribution in [3.63, 3.8) is 0 Å². The minimum atomic E-state index is -0.598. The van der Waals surface area contributed by atoms with E-state index in [1.165, 1.54) is 19.2 Å². The average Bonchev–Trinajstić information content (AvgIpc) is 2.56. The maximum absolute atomic E-state index is 12.9. The number of hydrogen-bond donors (Lipinski definition) is 1. The van der Waals surface area contributed by atoms with Crippen LogP contribution in [0.3, 0.4) is 0 Å². The van der Waals surface area contributed by atoms with E-state index in [-0.39, 0.29) is 24.6 Å². The molecule has 0 aliphatic carbocycles. The first-order valence-electron chi connectivity index (χ1n) is 7.34. The van der Waals surface area contributed by atoms with E-state index in [1.54, 1.807) is 36.4 Å². The van der Waals surface area contributed by atoms with Gasteiger partial charge in [-0.25, -0.2) is 4.39 Å². The van der Waals surface area contributed by atoms with Gasteiger partial charge in [-0.2, -0.15) is 0 Å². The molecule has 0 fully saturated rings. The van der Waals surface area contributed by atoms with Gasteiger partial charge in [-0.1, -0.05) is 41.9 Å². The molecule has 6 heteroatoms. The molecule has 0 saturated heterocycles. The summed E-state index contributed by atoms with van der Waals surface area (Å²) in [5.74, 6) is -1.11. The molecular formula is C18H17ClFNO3. The molecule has 126 valence electrons. The van der Waals surface area contributed by atoms with Gasteiger partial charge in [-0.15, -0.1) is 0 Å². The molecule has 0 saturated carbocycles. The minimum absolute atomic E-state index is 0.0324. The van der Waals surface area contributed by atoms with Crippen LogP contribution in [0.25, 0.3) is 0 Å². The number of nitrogens with one attached hydrogen (secondary N) is 1. The highest BCUT2D eigenvalue weighted by Crippen LogP contribution is 2.25. The van der Waals surface area contributed by atoms with Gasteiger partial charge in [0.2, 0.25) is 5.91 Å². The van der Waals surface area contributed by atoms with Crippen LogP contribution in [0.15, 0.2) is 48.5 Å². The topological polar surface area (TPSA) is 55.4 Å². The van der Waals surface area contributed by atoms with Crippen molar-refractivity contribution in [3.05, 3.63) is 70.5 Å². The van der Waals surface area contributed by atoms with Gasteiger partial charge in [0.1, 0.15) is 5.82 Å². The fraction of sp³-hybridized carbons (Fsp3) is 0.222. The number of rotatable bonds is 6. The summed E-state index contributed by atoms with van der Waals surface area (Å²) in [6.07, 6.45) is 0.0395. The van der Waals surface area contributed by atoms with E-state index in [4.69, 9.17) is 11.6 Å². The molecule has 0 spiro atoms. The summed E-state index contributed by atoms with van der Waals surface area (Å²) >= 11 is 6.16. The van der Waals surface area contributed by atoms with E-state index >= 15 is 0 Å². The Morgan fingerprint density at radius 3 is 2.46 bits per heavy atom. The fourth-order valence-electron chi connectivity index (χ4n) is 2.28. The normalized spacial score (nSPS) is 11.6. The molecule has 0 aromatic heterocycles. The van der Waals surface area contributed by atoms with Gasteiger partial charge >= 0.3 is 5.97 Å². The van der Waals surface area contributed by atoms with Crippen molar-refractivity contribution in [3.8, 4) is 0 Å². The molecular weight excluding hydrogens is 333 g/mol. The Morgan fingerprint density at radius 1 is 1.17 bits per heavy atom. The lowest BCUT2D eigenvalue weighted by Crippen LogP contribution is -2.31. The van der Waals surface area contributed by atoms with Crippen LogP contribution in [0.4, 0.5) is 4.39 Å². The van der Waals surface area contributed by atoms with Crippen molar-refractivity contribution in [2.24, 2.45) is 0 Å². The monoisotopic (exact) mass is 349 g/mol. The number of esters is 1. The minimum Gasteiger partial charge on any atom is -0.469 e. The number of halogens is 2. The largest absolute Gasteiger partial charge is 0.469 e. The second-order valence-corrected chi connectivity index (χ2v) is 5.63. The van der Waals surface area contributed by atoms with Gasteiger partial charge in [0.05, 0.1) is 26.0 Å². The summed E-state index contributed by atoms with van der Waals surface area (Å²) in [5.41, 5.74) is 1.31. The smallest absolute Gasteiger partial charge is 0.307 e. The molecule has 0 aliphatic heterocycles. The fourth-order valence-corrected chi connectivity index (χ4v) is 2.55. The van der Waals surface area contributed by atoms with Crippen molar-refractivity contribution >= 4 is 23.5 Å². The van der Waals surface area contributed by atoms with Crippen LogP contribution in [0.2, 0.25) is 5.02 Å². The highest BCUT2D eigenvalue weighted by atomic mass is 35.5. The quantitative estimate of drug-likeness (QED) is 0.813. The predicted molar refractivity (Wildman–Crippen MR) is 89.1 cm³/mol. The van der Waals surface area contributed by atoms with Crippen LogP contribution in [0, 0.1) is 5.82 Å². The molecule has 1 unspecified atom stereocenters. The Morgan fingerprint density at radius 2 is 1.83 bits per heavy atom. The Hall–Kier alpha value is -2.40. The van der Waals surface area contributed by atoms with Crippen molar-refractivity contribution in [1.82, 2.24) is 5.32 Å². The van der Waals surface area contributed by atoms with E-state index in [9.17, 15) is 14.0 Å². The highest BCUT2D eigenvalue weighted by molar-refractivity contribution is 6.31.